The highest BCUT2D eigenvalue weighted by Crippen LogP contribution is 2.25. The molecule has 4 nitrogen and oxygen atoms in total. The second kappa shape index (κ2) is 5.67. The van der Waals surface area contributed by atoms with Crippen LogP contribution in [0, 0.1) is 5.82 Å². The Morgan fingerprint density at radius 1 is 1.42 bits per heavy atom. The summed E-state index contributed by atoms with van der Waals surface area (Å²) in [6.45, 7) is 3.14. The van der Waals surface area contributed by atoms with Crippen molar-refractivity contribution >= 4 is 11.6 Å². The first-order chi connectivity index (χ1) is 9.08. The fraction of sp³-hybridized carbons (Fsp3) is 0.500. The number of hydrogen-bond acceptors (Lipinski definition) is 3. The molecule has 19 heavy (non-hydrogen) atoms. The van der Waals surface area contributed by atoms with Crippen LogP contribution in [-0.2, 0) is 9.53 Å². The number of anilines is 1. The van der Waals surface area contributed by atoms with Gasteiger partial charge in [0.25, 0.3) is 0 Å². The molecule has 0 aromatic heterocycles. The van der Waals surface area contributed by atoms with Crippen molar-refractivity contribution in [1.82, 2.24) is 0 Å². The molecule has 1 aliphatic rings. The minimum absolute atomic E-state index is 0.233. The molecule has 5 heteroatoms. The number of nitrogens with two attached hydrogens (primary N) is 1. The number of carbonyl (C=O) groups is 1. The van der Waals surface area contributed by atoms with E-state index in [1.54, 1.807) is 18.2 Å². The average molecular weight is 266 g/mol. The van der Waals surface area contributed by atoms with Crippen LogP contribution in [0.5, 0.6) is 0 Å². The molecule has 1 aliphatic heterocycles. The quantitative estimate of drug-likeness (QED) is 0.905. The van der Waals surface area contributed by atoms with Gasteiger partial charge in [-0.3, -0.25) is 4.79 Å². The van der Waals surface area contributed by atoms with E-state index in [1.165, 1.54) is 11.0 Å². The van der Waals surface area contributed by atoms with Crippen molar-refractivity contribution in [3.63, 3.8) is 0 Å². The maximum atomic E-state index is 13.8. The van der Waals surface area contributed by atoms with Gasteiger partial charge in [-0.05, 0) is 31.9 Å². The summed E-state index contributed by atoms with van der Waals surface area (Å²) in [7, 11) is 0. The molecule has 1 saturated heterocycles. The molecule has 1 aromatic rings. The molecular weight excluding hydrogens is 247 g/mol. The lowest BCUT2D eigenvalue weighted by Crippen LogP contribution is -2.58. The lowest BCUT2D eigenvalue weighted by molar-refractivity contribution is -0.127. The molecule has 0 unspecified atom stereocenters. The number of hydrogen-bond donors (Lipinski definition) is 1. The van der Waals surface area contributed by atoms with Gasteiger partial charge in [0.1, 0.15) is 11.4 Å². The average Bonchev–Trinajstić information content (AvgIpc) is 2.42. The highest BCUT2D eigenvalue weighted by molar-refractivity contribution is 6.00. The van der Waals surface area contributed by atoms with E-state index in [-0.39, 0.29) is 11.6 Å². The largest absolute Gasteiger partial charge is 0.381 e. The molecule has 0 bridgehead atoms. The third-order valence-electron chi connectivity index (χ3n) is 3.52. The predicted octanol–water partition coefficient (Wildman–Crippen LogP) is 1.69. The number of halogens is 1. The fourth-order valence-corrected chi connectivity index (χ4v) is 2.31. The number of rotatable bonds is 3. The van der Waals surface area contributed by atoms with Crippen LogP contribution >= 0.6 is 0 Å². The van der Waals surface area contributed by atoms with Crippen LogP contribution in [0.4, 0.5) is 10.1 Å². The van der Waals surface area contributed by atoms with Crippen molar-refractivity contribution in [2.75, 3.05) is 24.7 Å². The SMILES string of the molecule is CCN(C(=O)C1(N)CCOCC1)c1ccccc1F. The van der Waals surface area contributed by atoms with Crippen molar-refractivity contribution in [3.8, 4) is 0 Å². The monoisotopic (exact) mass is 266 g/mol. The zero-order valence-corrected chi connectivity index (χ0v) is 11.1. The minimum atomic E-state index is -0.948. The number of benzene rings is 1. The molecule has 0 atom stereocenters. The summed E-state index contributed by atoms with van der Waals surface area (Å²) >= 11 is 0. The molecule has 0 saturated carbocycles. The number of para-hydroxylation sites is 1. The summed E-state index contributed by atoms with van der Waals surface area (Å²) in [6.07, 6.45) is 0.938. The first kappa shape index (κ1) is 14.0. The zero-order valence-electron chi connectivity index (χ0n) is 11.1. The van der Waals surface area contributed by atoms with Crippen LogP contribution in [0.1, 0.15) is 19.8 Å². The van der Waals surface area contributed by atoms with Crippen LogP contribution in [0.15, 0.2) is 24.3 Å². The number of amides is 1. The summed E-state index contributed by atoms with van der Waals surface area (Å²) in [5.74, 6) is -0.642. The van der Waals surface area contributed by atoms with Crippen molar-refractivity contribution < 1.29 is 13.9 Å². The highest BCUT2D eigenvalue weighted by Gasteiger charge is 2.39. The maximum absolute atomic E-state index is 13.8. The molecule has 104 valence electrons. The Morgan fingerprint density at radius 3 is 2.63 bits per heavy atom. The molecule has 2 N–H and O–H groups in total. The second-order valence-corrected chi connectivity index (χ2v) is 4.77. The summed E-state index contributed by atoms with van der Waals surface area (Å²) in [6, 6.07) is 6.25. The smallest absolute Gasteiger partial charge is 0.247 e. The first-order valence-electron chi connectivity index (χ1n) is 6.51. The Morgan fingerprint density at radius 2 is 2.05 bits per heavy atom. The Hall–Kier alpha value is -1.46. The Balaban J connectivity index is 2.27. The zero-order chi connectivity index (χ0) is 13.9. The third kappa shape index (κ3) is 2.77. The van der Waals surface area contributed by atoms with E-state index < -0.39 is 11.4 Å². The van der Waals surface area contributed by atoms with E-state index in [0.717, 1.165) is 0 Å². The predicted molar refractivity (Wildman–Crippen MR) is 71.4 cm³/mol. The normalized spacial score (nSPS) is 18.1. The summed E-state index contributed by atoms with van der Waals surface area (Å²) in [5, 5.41) is 0. The second-order valence-electron chi connectivity index (χ2n) is 4.77. The number of nitrogens with zero attached hydrogens (tertiary/aromatic N) is 1. The van der Waals surface area contributed by atoms with Gasteiger partial charge in [-0.2, -0.15) is 0 Å². The van der Waals surface area contributed by atoms with Gasteiger partial charge in [0, 0.05) is 19.8 Å². The van der Waals surface area contributed by atoms with E-state index in [1.807, 2.05) is 6.92 Å². The fourth-order valence-electron chi connectivity index (χ4n) is 2.31. The van der Waals surface area contributed by atoms with E-state index in [4.69, 9.17) is 10.5 Å². The number of ether oxygens (including phenoxy) is 1. The summed E-state index contributed by atoms with van der Waals surface area (Å²) < 4.78 is 19.1. The van der Waals surface area contributed by atoms with Gasteiger partial charge in [0.15, 0.2) is 0 Å². The molecule has 1 fully saturated rings. The van der Waals surface area contributed by atoms with Gasteiger partial charge in [0.2, 0.25) is 5.91 Å². The van der Waals surface area contributed by atoms with E-state index in [9.17, 15) is 9.18 Å². The number of likely N-dealkylation sites (N-methyl/N-ethyl adjacent to an activating group) is 1. The summed E-state index contributed by atoms with van der Waals surface area (Å²) in [5.41, 5.74) is 5.51. The first-order valence-corrected chi connectivity index (χ1v) is 6.51. The lowest BCUT2D eigenvalue weighted by atomic mass is 9.89. The Labute approximate surface area is 112 Å². The minimum Gasteiger partial charge on any atom is -0.381 e. The van der Waals surface area contributed by atoms with Gasteiger partial charge >= 0.3 is 0 Å². The lowest BCUT2D eigenvalue weighted by Gasteiger charge is -2.36. The van der Waals surface area contributed by atoms with Gasteiger partial charge in [-0.15, -0.1) is 0 Å². The Bertz CT molecular complexity index is 459. The van der Waals surface area contributed by atoms with Crippen molar-refractivity contribution in [2.24, 2.45) is 5.73 Å². The van der Waals surface area contributed by atoms with Crippen LogP contribution in [0.2, 0.25) is 0 Å². The number of carbonyl (C=O) groups excluding carboxylic acids is 1. The molecule has 0 aliphatic carbocycles. The standard InChI is InChI=1S/C14H19FN2O2/c1-2-17(12-6-4-3-5-11(12)15)13(18)14(16)7-9-19-10-8-14/h3-6H,2,7-10,16H2,1H3. The molecule has 2 rings (SSSR count). The van der Waals surface area contributed by atoms with Crippen molar-refractivity contribution in [3.05, 3.63) is 30.1 Å². The summed E-state index contributed by atoms with van der Waals surface area (Å²) in [4.78, 5) is 14.0. The van der Waals surface area contributed by atoms with E-state index >= 15 is 0 Å². The van der Waals surface area contributed by atoms with Crippen molar-refractivity contribution in [2.45, 2.75) is 25.3 Å². The Kier molecular flexibility index (Phi) is 4.17. The van der Waals surface area contributed by atoms with Gasteiger partial charge < -0.3 is 15.4 Å². The van der Waals surface area contributed by atoms with E-state index in [2.05, 4.69) is 0 Å². The van der Waals surface area contributed by atoms with Gasteiger partial charge in [0.05, 0.1) is 5.69 Å². The molecule has 1 heterocycles. The van der Waals surface area contributed by atoms with Crippen LogP contribution in [0.3, 0.4) is 0 Å². The van der Waals surface area contributed by atoms with Gasteiger partial charge in [-0.25, -0.2) is 4.39 Å². The molecule has 1 aromatic carbocycles. The van der Waals surface area contributed by atoms with Crippen LogP contribution < -0.4 is 10.6 Å². The highest BCUT2D eigenvalue weighted by atomic mass is 19.1. The molecule has 0 radical (unpaired) electrons. The maximum Gasteiger partial charge on any atom is 0.247 e. The van der Waals surface area contributed by atoms with Gasteiger partial charge in [-0.1, -0.05) is 12.1 Å². The van der Waals surface area contributed by atoms with Crippen LogP contribution in [-0.4, -0.2) is 31.2 Å². The topological polar surface area (TPSA) is 55.6 Å². The molecular formula is C14H19FN2O2. The molecule has 1 amide bonds. The third-order valence-corrected chi connectivity index (χ3v) is 3.52. The molecule has 0 spiro atoms. The van der Waals surface area contributed by atoms with Crippen LogP contribution in [0.25, 0.3) is 0 Å². The van der Waals surface area contributed by atoms with Crippen molar-refractivity contribution in [1.29, 1.82) is 0 Å². The van der Waals surface area contributed by atoms with E-state index in [0.29, 0.717) is 32.6 Å².